The zero-order chi connectivity index (χ0) is 16.8. The van der Waals surface area contributed by atoms with E-state index in [1.165, 1.54) is 18.7 Å². The minimum Gasteiger partial charge on any atom is -0.497 e. The number of hydrogen-bond acceptors (Lipinski definition) is 7. The fraction of sp³-hybridized carbons (Fsp3) is 0.118. The number of anilines is 1. The van der Waals surface area contributed by atoms with E-state index in [-0.39, 0.29) is 5.78 Å². The zero-order valence-corrected chi connectivity index (χ0v) is 13.0. The van der Waals surface area contributed by atoms with Crippen LogP contribution in [0.5, 0.6) is 5.75 Å². The SMILES string of the molecule is COc1cccc(C(=O)c2cnc(NCc3cncnc3)nc2)c1. The van der Waals surface area contributed by atoms with Gasteiger partial charge in [0.25, 0.3) is 0 Å². The van der Waals surface area contributed by atoms with Gasteiger partial charge in [-0.05, 0) is 12.1 Å². The Bertz CT molecular complexity index is 822. The number of aromatic nitrogens is 4. The summed E-state index contributed by atoms with van der Waals surface area (Å²) in [5.41, 5.74) is 1.86. The molecule has 0 bridgehead atoms. The summed E-state index contributed by atoms with van der Waals surface area (Å²) in [6.07, 6.45) is 7.89. The van der Waals surface area contributed by atoms with Gasteiger partial charge in [-0.25, -0.2) is 19.9 Å². The molecule has 3 aromatic rings. The molecule has 7 nitrogen and oxygen atoms in total. The highest BCUT2D eigenvalue weighted by molar-refractivity contribution is 6.08. The predicted molar refractivity (Wildman–Crippen MR) is 87.8 cm³/mol. The molecule has 0 aliphatic carbocycles. The summed E-state index contributed by atoms with van der Waals surface area (Å²) >= 11 is 0. The van der Waals surface area contributed by atoms with E-state index in [0.717, 1.165) is 5.56 Å². The van der Waals surface area contributed by atoms with Crippen molar-refractivity contribution in [2.45, 2.75) is 6.54 Å². The van der Waals surface area contributed by atoms with E-state index in [4.69, 9.17) is 4.74 Å². The Morgan fingerprint density at radius 1 is 1.08 bits per heavy atom. The molecule has 0 amide bonds. The van der Waals surface area contributed by atoms with Gasteiger partial charge in [0.05, 0.1) is 12.7 Å². The summed E-state index contributed by atoms with van der Waals surface area (Å²) in [7, 11) is 1.56. The first-order valence-corrected chi connectivity index (χ1v) is 7.25. The van der Waals surface area contributed by atoms with Crippen LogP contribution in [-0.2, 0) is 6.54 Å². The van der Waals surface area contributed by atoms with Crippen LogP contribution in [0.3, 0.4) is 0 Å². The summed E-state index contributed by atoms with van der Waals surface area (Å²) < 4.78 is 5.13. The van der Waals surface area contributed by atoms with Gasteiger partial charge in [0, 0.05) is 42.5 Å². The van der Waals surface area contributed by atoms with Crippen molar-refractivity contribution in [3.05, 3.63) is 72.1 Å². The van der Waals surface area contributed by atoms with Gasteiger partial charge in [0.1, 0.15) is 12.1 Å². The first kappa shape index (κ1) is 15.5. The van der Waals surface area contributed by atoms with Gasteiger partial charge in [-0.15, -0.1) is 0 Å². The molecule has 0 saturated heterocycles. The van der Waals surface area contributed by atoms with Crippen LogP contribution in [0.1, 0.15) is 21.5 Å². The Morgan fingerprint density at radius 2 is 1.83 bits per heavy atom. The summed E-state index contributed by atoms with van der Waals surface area (Å²) in [6.45, 7) is 0.504. The summed E-state index contributed by atoms with van der Waals surface area (Å²) in [6, 6.07) is 6.97. The molecular formula is C17H15N5O2. The van der Waals surface area contributed by atoms with Gasteiger partial charge < -0.3 is 10.1 Å². The highest BCUT2D eigenvalue weighted by Gasteiger charge is 2.11. The van der Waals surface area contributed by atoms with Crippen LogP contribution in [0.2, 0.25) is 0 Å². The molecule has 0 fully saturated rings. The molecule has 7 heteroatoms. The molecule has 0 spiro atoms. The maximum absolute atomic E-state index is 12.4. The highest BCUT2D eigenvalue weighted by atomic mass is 16.5. The van der Waals surface area contributed by atoms with Crippen LogP contribution in [-0.4, -0.2) is 32.8 Å². The van der Waals surface area contributed by atoms with Crippen LogP contribution in [0, 0.1) is 0 Å². The Labute approximate surface area is 138 Å². The van der Waals surface area contributed by atoms with E-state index in [0.29, 0.717) is 29.4 Å². The van der Waals surface area contributed by atoms with Gasteiger partial charge in [0.2, 0.25) is 5.95 Å². The smallest absolute Gasteiger partial charge is 0.222 e. The monoisotopic (exact) mass is 321 g/mol. The number of nitrogens with zero attached hydrogens (tertiary/aromatic N) is 4. The van der Waals surface area contributed by atoms with E-state index in [9.17, 15) is 4.79 Å². The van der Waals surface area contributed by atoms with Gasteiger partial charge in [-0.1, -0.05) is 12.1 Å². The van der Waals surface area contributed by atoms with Crippen LogP contribution in [0.4, 0.5) is 5.95 Å². The molecule has 2 aromatic heterocycles. The summed E-state index contributed by atoms with van der Waals surface area (Å²) in [4.78, 5) is 28.6. The van der Waals surface area contributed by atoms with E-state index in [1.54, 1.807) is 43.8 Å². The van der Waals surface area contributed by atoms with Gasteiger partial charge in [-0.3, -0.25) is 4.79 Å². The number of hydrogen-bond donors (Lipinski definition) is 1. The number of ether oxygens (including phenoxy) is 1. The lowest BCUT2D eigenvalue weighted by Crippen LogP contribution is -2.07. The van der Waals surface area contributed by atoms with Crippen molar-refractivity contribution in [2.24, 2.45) is 0 Å². The van der Waals surface area contributed by atoms with E-state index in [2.05, 4.69) is 25.3 Å². The normalized spacial score (nSPS) is 10.2. The minimum absolute atomic E-state index is 0.156. The fourth-order valence-corrected chi connectivity index (χ4v) is 2.07. The van der Waals surface area contributed by atoms with Crippen molar-refractivity contribution < 1.29 is 9.53 Å². The molecule has 1 N–H and O–H groups in total. The van der Waals surface area contributed by atoms with Crippen molar-refractivity contribution in [2.75, 3.05) is 12.4 Å². The lowest BCUT2D eigenvalue weighted by atomic mass is 10.1. The van der Waals surface area contributed by atoms with Crippen LogP contribution >= 0.6 is 0 Å². The second-order valence-electron chi connectivity index (χ2n) is 4.96. The Balaban J connectivity index is 1.68. The molecule has 0 aliphatic heterocycles. The van der Waals surface area contributed by atoms with Gasteiger partial charge in [0.15, 0.2) is 5.78 Å². The molecule has 2 heterocycles. The number of methoxy groups -OCH3 is 1. The van der Waals surface area contributed by atoms with Crippen molar-refractivity contribution in [3.63, 3.8) is 0 Å². The Hall–Kier alpha value is -3.35. The fourth-order valence-electron chi connectivity index (χ4n) is 2.07. The molecule has 24 heavy (non-hydrogen) atoms. The van der Waals surface area contributed by atoms with Crippen molar-refractivity contribution in [1.82, 2.24) is 19.9 Å². The van der Waals surface area contributed by atoms with Crippen molar-refractivity contribution in [1.29, 1.82) is 0 Å². The number of ketones is 1. The number of carbonyl (C=O) groups is 1. The number of rotatable bonds is 6. The van der Waals surface area contributed by atoms with E-state index in [1.807, 2.05) is 0 Å². The van der Waals surface area contributed by atoms with Crippen LogP contribution < -0.4 is 10.1 Å². The predicted octanol–water partition coefficient (Wildman–Crippen LogP) is 2.12. The lowest BCUT2D eigenvalue weighted by Gasteiger charge is -2.06. The molecular weight excluding hydrogens is 306 g/mol. The van der Waals surface area contributed by atoms with E-state index < -0.39 is 0 Å². The first-order chi connectivity index (χ1) is 11.8. The molecule has 0 saturated carbocycles. The largest absolute Gasteiger partial charge is 0.497 e. The number of benzene rings is 1. The third-order valence-corrected chi connectivity index (χ3v) is 3.31. The first-order valence-electron chi connectivity index (χ1n) is 7.25. The molecule has 0 aliphatic rings. The second-order valence-corrected chi connectivity index (χ2v) is 4.96. The van der Waals surface area contributed by atoms with Crippen LogP contribution in [0.25, 0.3) is 0 Å². The minimum atomic E-state index is -0.156. The lowest BCUT2D eigenvalue weighted by molar-refractivity contribution is 0.103. The Morgan fingerprint density at radius 3 is 2.54 bits per heavy atom. The summed E-state index contributed by atoms with van der Waals surface area (Å²) in [5.74, 6) is 0.906. The maximum atomic E-state index is 12.4. The molecule has 1 aromatic carbocycles. The second kappa shape index (κ2) is 7.28. The highest BCUT2D eigenvalue weighted by Crippen LogP contribution is 2.16. The van der Waals surface area contributed by atoms with Gasteiger partial charge in [-0.2, -0.15) is 0 Å². The molecule has 0 radical (unpaired) electrons. The maximum Gasteiger partial charge on any atom is 0.222 e. The average Bonchev–Trinajstić information content (AvgIpc) is 2.67. The van der Waals surface area contributed by atoms with Crippen LogP contribution in [0.15, 0.2) is 55.4 Å². The van der Waals surface area contributed by atoms with Crippen molar-refractivity contribution in [3.8, 4) is 5.75 Å². The van der Waals surface area contributed by atoms with Crippen molar-refractivity contribution >= 4 is 11.7 Å². The molecule has 0 unspecified atom stereocenters. The molecule has 0 atom stereocenters. The number of carbonyl (C=O) groups excluding carboxylic acids is 1. The molecule has 3 rings (SSSR count). The van der Waals surface area contributed by atoms with Gasteiger partial charge >= 0.3 is 0 Å². The molecule has 120 valence electrons. The topological polar surface area (TPSA) is 89.9 Å². The summed E-state index contributed by atoms with van der Waals surface area (Å²) in [5, 5.41) is 3.05. The van der Waals surface area contributed by atoms with E-state index >= 15 is 0 Å². The standard InChI is InChI=1S/C17H15N5O2/c1-24-15-4-2-3-13(5-15)16(23)14-9-21-17(22-10-14)20-8-12-6-18-11-19-7-12/h2-7,9-11H,8H2,1H3,(H,20,21,22). The third-order valence-electron chi connectivity index (χ3n) is 3.31. The third kappa shape index (κ3) is 3.70. The Kier molecular flexibility index (Phi) is 4.71. The average molecular weight is 321 g/mol. The number of nitrogens with one attached hydrogen (secondary N) is 1. The zero-order valence-electron chi connectivity index (χ0n) is 13.0. The quantitative estimate of drug-likeness (QED) is 0.695.